The molecule has 0 radical (unpaired) electrons. The van der Waals surface area contributed by atoms with Crippen LogP contribution in [0, 0.1) is 11.6 Å². The number of ether oxygens (including phenoxy) is 1. The maximum atomic E-state index is 13.7. The molecule has 0 spiro atoms. The van der Waals surface area contributed by atoms with Gasteiger partial charge in [-0.3, -0.25) is 4.79 Å². The molecule has 3 nitrogen and oxygen atoms in total. The number of nitrogens with zero attached hydrogens (tertiary/aromatic N) is 1. The molecule has 0 saturated heterocycles. The summed E-state index contributed by atoms with van der Waals surface area (Å²) in [6.07, 6.45) is 0.418. The van der Waals surface area contributed by atoms with Crippen molar-refractivity contribution in [2.45, 2.75) is 6.92 Å². The number of likely N-dealkylation sites (N-methyl/N-ethyl adjacent to an activating group) is 1. The van der Waals surface area contributed by atoms with Gasteiger partial charge in [0.1, 0.15) is 23.6 Å². The van der Waals surface area contributed by atoms with Crippen molar-refractivity contribution in [3.63, 3.8) is 0 Å². The lowest BCUT2D eigenvalue weighted by Gasteiger charge is -2.23. The van der Waals surface area contributed by atoms with E-state index >= 15 is 0 Å². The minimum Gasteiger partial charge on any atom is -0.383 e. The number of methoxy groups -OCH3 is 1. The SMILES string of the molecule is CCN(CCOC)c1c(F)cc(C=O)cc1F. The second-order valence-electron chi connectivity index (χ2n) is 3.52. The minimum atomic E-state index is -0.731. The monoisotopic (exact) mass is 243 g/mol. The highest BCUT2D eigenvalue weighted by Gasteiger charge is 2.16. The van der Waals surface area contributed by atoms with Crippen LogP contribution in [0.3, 0.4) is 0 Å². The van der Waals surface area contributed by atoms with Crippen molar-refractivity contribution < 1.29 is 18.3 Å². The summed E-state index contributed by atoms with van der Waals surface area (Å²) in [5.41, 5.74) is -0.123. The third-order valence-electron chi connectivity index (χ3n) is 2.44. The fourth-order valence-electron chi connectivity index (χ4n) is 1.58. The van der Waals surface area contributed by atoms with Crippen LogP contribution in [0.25, 0.3) is 0 Å². The molecule has 1 rings (SSSR count). The lowest BCUT2D eigenvalue weighted by molar-refractivity contribution is 0.112. The highest BCUT2D eigenvalue weighted by atomic mass is 19.1. The molecule has 0 aromatic heterocycles. The third-order valence-corrected chi connectivity index (χ3v) is 2.44. The van der Waals surface area contributed by atoms with Crippen molar-refractivity contribution in [1.82, 2.24) is 0 Å². The van der Waals surface area contributed by atoms with Crippen molar-refractivity contribution in [1.29, 1.82) is 0 Å². The molecule has 5 heteroatoms. The molecular weight excluding hydrogens is 228 g/mol. The van der Waals surface area contributed by atoms with Gasteiger partial charge in [0, 0.05) is 25.8 Å². The largest absolute Gasteiger partial charge is 0.383 e. The van der Waals surface area contributed by atoms with Gasteiger partial charge in [-0.25, -0.2) is 8.78 Å². The van der Waals surface area contributed by atoms with Crippen LogP contribution < -0.4 is 4.90 Å². The Labute approximate surface area is 99.0 Å². The van der Waals surface area contributed by atoms with Crippen molar-refractivity contribution >= 4 is 12.0 Å². The number of aldehydes is 1. The van der Waals surface area contributed by atoms with E-state index in [9.17, 15) is 13.6 Å². The van der Waals surface area contributed by atoms with E-state index in [0.29, 0.717) is 26.0 Å². The van der Waals surface area contributed by atoms with Crippen molar-refractivity contribution in [3.8, 4) is 0 Å². The van der Waals surface area contributed by atoms with Crippen LogP contribution in [0.15, 0.2) is 12.1 Å². The molecule has 0 fully saturated rings. The molecule has 0 unspecified atom stereocenters. The van der Waals surface area contributed by atoms with E-state index < -0.39 is 11.6 Å². The number of halogens is 2. The molecular formula is C12H15F2NO2. The summed E-state index contributed by atoms with van der Waals surface area (Å²) in [5.74, 6) is -1.46. The maximum Gasteiger partial charge on any atom is 0.150 e. The first kappa shape index (κ1) is 13.6. The maximum absolute atomic E-state index is 13.7. The molecule has 1 aromatic rings. The van der Waals surface area contributed by atoms with E-state index in [0.717, 1.165) is 12.1 Å². The summed E-state index contributed by atoms with van der Waals surface area (Å²) in [6, 6.07) is 2.06. The topological polar surface area (TPSA) is 29.5 Å². The summed E-state index contributed by atoms with van der Waals surface area (Å²) in [6.45, 7) is 3.02. The molecule has 17 heavy (non-hydrogen) atoms. The molecule has 0 amide bonds. The van der Waals surface area contributed by atoms with Gasteiger partial charge in [0.25, 0.3) is 0 Å². The van der Waals surface area contributed by atoms with Crippen LogP contribution in [0.2, 0.25) is 0 Å². The van der Waals surface area contributed by atoms with Crippen molar-refractivity contribution in [2.24, 2.45) is 0 Å². The Kier molecular flexibility index (Phi) is 5.03. The van der Waals surface area contributed by atoms with Gasteiger partial charge in [-0.2, -0.15) is 0 Å². The average Bonchev–Trinajstić information content (AvgIpc) is 2.32. The average molecular weight is 243 g/mol. The Morgan fingerprint density at radius 1 is 1.35 bits per heavy atom. The first-order valence-corrected chi connectivity index (χ1v) is 5.32. The van der Waals surface area contributed by atoms with Gasteiger partial charge >= 0.3 is 0 Å². The predicted octanol–water partition coefficient (Wildman–Crippen LogP) is 2.25. The lowest BCUT2D eigenvalue weighted by atomic mass is 10.2. The molecule has 0 heterocycles. The summed E-state index contributed by atoms with van der Waals surface area (Å²) in [5, 5.41) is 0. The van der Waals surface area contributed by atoms with Crippen molar-refractivity contribution in [2.75, 3.05) is 31.7 Å². The highest BCUT2D eigenvalue weighted by molar-refractivity contribution is 5.76. The van der Waals surface area contributed by atoms with Gasteiger partial charge in [0.2, 0.25) is 0 Å². The first-order valence-electron chi connectivity index (χ1n) is 5.32. The molecule has 0 saturated carbocycles. The zero-order valence-electron chi connectivity index (χ0n) is 9.87. The van der Waals surface area contributed by atoms with Gasteiger partial charge in [-0.05, 0) is 19.1 Å². The normalized spacial score (nSPS) is 10.4. The fraction of sp³-hybridized carbons (Fsp3) is 0.417. The molecule has 0 aliphatic carbocycles. The lowest BCUT2D eigenvalue weighted by Crippen LogP contribution is -2.28. The first-order chi connectivity index (χ1) is 8.13. The van der Waals surface area contributed by atoms with Crippen LogP contribution in [-0.2, 0) is 4.74 Å². The number of hydrogen-bond acceptors (Lipinski definition) is 3. The Morgan fingerprint density at radius 2 is 1.94 bits per heavy atom. The van der Waals surface area contributed by atoms with E-state index in [1.807, 2.05) is 0 Å². The summed E-state index contributed by atoms with van der Waals surface area (Å²) < 4.78 is 32.2. The van der Waals surface area contributed by atoms with Gasteiger partial charge in [0.05, 0.1) is 6.61 Å². The Hall–Kier alpha value is -1.49. The van der Waals surface area contributed by atoms with E-state index in [2.05, 4.69) is 0 Å². The second kappa shape index (κ2) is 6.30. The Morgan fingerprint density at radius 3 is 2.35 bits per heavy atom. The number of hydrogen-bond donors (Lipinski definition) is 0. The highest BCUT2D eigenvalue weighted by Crippen LogP contribution is 2.24. The minimum absolute atomic E-state index is 0.00783. The molecule has 0 aliphatic rings. The Balaban J connectivity index is 3.06. The van der Waals surface area contributed by atoms with Crippen LogP contribution in [-0.4, -0.2) is 33.1 Å². The molecule has 1 aromatic carbocycles. The summed E-state index contributed by atoms with van der Waals surface area (Å²) in [7, 11) is 1.52. The molecule has 0 N–H and O–H groups in total. The number of anilines is 1. The fourth-order valence-corrected chi connectivity index (χ4v) is 1.58. The van der Waals surface area contributed by atoms with E-state index in [1.54, 1.807) is 6.92 Å². The summed E-state index contributed by atoms with van der Waals surface area (Å²) >= 11 is 0. The van der Waals surface area contributed by atoms with Gasteiger partial charge in [-0.15, -0.1) is 0 Å². The molecule has 0 aliphatic heterocycles. The third kappa shape index (κ3) is 3.23. The smallest absolute Gasteiger partial charge is 0.150 e. The summed E-state index contributed by atoms with van der Waals surface area (Å²) in [4.78, 5) is 12.0. The zero-order chi connectivity index (χ0) is 12.8. The van der Waals surface area contributed by atoms with Crippen LogP contribution in [0.4, 0.5) is 14.5 Å². The van der Waals surface area contributed by atoms with Gasteiger partial charge in [0.15, 0.2) is 0 Å². The van der Waals surface area contributed by atoms with Crippen LogP contribution in [0.5, 0.6) is 0 Å². The zero-order valence-corrected chi connectivity index (χ0v) is 9.87. The Bertz CT molecular complexity index is 373. The van der Waals surface area contributed by atoms with E-state index in [1.165, 1.54) is 12.0 Å². The number of benzene rings is 1. The predicted molar refractivity (Wildman–Crippen MR) is 61.5 cm³/mol. The molecule has 0 bridgehead atoms. The number of rotatable bonds is 6. The quantitative estimate of drug-likeness (QED) is 0.718. The van der Waals surface area contributed by atoms with Gasteiger partial charge in [-0.1, -0.05) is 0 Å². The standard InChI is InChI=1S/C12H15F2NO2/c1-3-15(4-5-17-2)12-10(13)6-9(8-16)7-11(12)14/h6-8H,3-5H2,1-2H3. The number of carbonyl (C=O) groups is 1. The van der Waals surface area contributed by atoms with E-state index in [4.69, 9.17) is 4.74 Å². The van der Waals surface area contributed by atoms with Crippen LogP contribution in [0.1, 0.15) is 17.3 Å². The second-order valence-corrected chi connectivity index (χ2v) is 3.52. The van der Waals surface area contributed by atoms with E-state index in [-0.39, 0.29) is 11.3 Å². The van der Waals surface area contributed by atoms with Crippen LogP contribution >= 0.6 is 0 Å². The van der Waals surface area contributed by atoms with Crippen molar-refractivity contribution in [3.05, 3.63) is 29.3 Å². The number of carbonyl (C=O) groups excluding carboxylic acids is 1. The molecule has 0 atom stereocenters. The van der Waals surface area contributed by atoms with Gasteiger partial charge < -0.3 is 9.64 Å². The molecule has 94 valence electrons.